The SMILES string of the molecule is CN1C(=Nc2cccc(C(F)(F)F)c2)C(N(C)c2cccc(C(F)(F)F)c2)=N/C1=C1\N=C(N(C)c2cccc(C(F)(F)F)c2)C(=Nc2cccc(C(F)(F)F)c2)N1C. The maximum absolute atomic E-state index is 13.7. The number of anilines is 2. The number of benzene rings is 4. The number of aliphatic imine (C=N–C) groups is 4. The van der Waals surface area contributed by atoms with E-state index in [0.717, 1.165) is 72.8 Å². The minimum Gasteiger partial charge on any atom is -0.326 e. The second kappa shape index (κ2) is 14.9. The van der Waals surface area contributed by atoms with E-state index in [-0.39, 0.29) is 57.7 Å². The van der Waals surface area contributed by atoms with E-state index in [9.17, 15) is 52.7 Å². The van der Waals surface area contributed by atoms with Crippen molar-refractivity contribution in [3.05, 3.63) is 131 Å². The first-order chi connectivity index (χ1) is 26.9. The molecule has 0 atom stereocenters. The molecule has 0 saturated carbocycles. The molecule has 4 aromatic rings. The van der Waals surface area contributed by atoms with Gasteiger partial charge in [-0.2, -0.15) is 52.7 Å². The molecular weight excluding hydrogens is 796 g/mol. The molecule has 0 saturated heterocycles. The zero-order valence-electron chi connectivity index (χ0n) is 30.4. The lowest BCUT2D eigenvalue weighted by atomic mass is 10.2. The highest BCUT2D eigenvalue weighted by atomic mass is 19.4. The first kappa shape index (κ1) is 41.3. The van der Waals surface area contributed by atoms with Crippen molar-refractivity contribution in [3.63, 3.8) is 0 Å². The van der Waals surface area contributed by atoms with Gasteiger partial charge in [0.05, 0.1) is 33.6 Å². The van der Waals surface area contributed by atoms with Gasteiger partial charge in [-0.15, -0.1) is 0 Å². The van der Waals surface area contributed by atoms with Gasteiger partial charge in [-0.25, -0.2) is 20.0 Å². The van der Waals surface area contributed by atoms with Crippen LogP contribution in [0, 0.1) is 0 Å². The summed E-state index contributed by atoms with van der Waals surface area (Å²) in [5.74, 6) is -0.900. The van der Waals surface area contributed by atoms with E-state index in [0.29, 0.717) is 0 Å². The van der Waals surface area contributed by atoms with Crippen molar-refractivity contribution in [2.45, 2.75) is 24.7 Å². The van der Waals surface area contributed by atoms with Gasteiger partial charge >= 0.3 is 24.7 Å². The van der Waals surface area contributed by atoms with Crippen molar-refractivity contribution in [3.8, 4) is 0 Å². The van der Waals surface area contributed by atoms with Crippen LogP contribution < -0.4 is 9.80 Å². The molecule has 2 aliphatic rings. The van der Waals surface area contributed by atoms with Crippen LogP contribution in [0.2, 0.25) is 0 Å². The zero-order valence-corrected chi connectivity index (χ0v) is 30.4. The summed E-state index contributed by atoms with van der Waals surface area (Å²) in [7, 11) is 5.44. The van der Waals surface area contributed by atoms with E-state index in [4.69, 9.17) is 0 Å². The molecule has 0 unspecified atom stereocenters. The van der Waals surface area contributed by atoms with Crippen LogP contribution in [-0.4, -0.2) is 61.3 Å². The van der Waals surface area contributed by atoms with Gasteiger partial charge in [-0.3, -0.25) is 0 Å². The molecule has 0 aromatic heterocycles. The van der Waals surface area contributed by atoms with Gasteiger partial charge < -0.3 is 19.6 Å². The fourth-order valence-electron chi connectivity index (χ4n) is 5.83. The molecule has 0 radical (unpaired) electrons. The standard InChI is InChI=1S/C38H28F12N8/c1-55(27-15-7-11-23(19-27)37(45,46)47)31-29(51-25-13-5-9-21(17-25)35(39,40)41)57(3)33(53-31)34-54-32(56(2)28-16-8-12-24(20-28)38(48,49)50)30(58(34)4)52-26-14-6-10-22(18-26)36(42,43)44/h5-20H,1-4H3/b34-33-,51-29?,52-30?. The van der Waals surface area contributed by atoms with Gasteiger partial charge in [-0.1, -0.05) is 24.3 Å². The Labute approximate surface area is 322 Å². The summed E-state index contributed by atoms with van der Waals surface area (Å²) in [6.45, 7) is 0. The molecule has 2 heterocycles. The Morgan fingerprint density at radius 2 is 0.741 bits per heavy atom. The Kier molecular flexibility index (Phi) is 10.6. The van der Waals surface area contributed by atoms with E-state index in [2.05, 4.69) is 20.0 Å². The largest absolute Gasteiger partial charge is 0.416 e. The summed E-state index contributed by atoms with van der Waals surface area (Å²) in [6.07, 6.45) is -19.0. The first-order valence-corrected chi connectivity index (χ1v) is 16.7. The maximum Gasteiger partial charge on any atom is 0.416 e. The average molecular weight is 825 g/mol. The van der Waals surface area contributed by atoms with Gasteiger partial charge in [0.1, 0.15) is 0 Å². The van der Waals surface area contributed by atoms with Crippen LogP contribution in [0.5, 0.6) is 0 Å². The van der Waals surface area contributed by atoms with Crippen LogP contribution in [0.15, 0.2) is 129 Å². The molecule has 4 aromatic carbocycles. The smallest absolute Gasteiger partial charge is 0.326 e. The summed E-state index contributed by atoms with van der Waals surface area (Å²) < 4.78 is 164. The number of nitrogens with zero attached hydrogens (tertiary/aromatic N) is 8. The lowest BCUT2D eigenvalue weighted by molar-refractivity contribution is -0.138. The molecule has 20 heteroatoms. The second-order valence-corrected chi connectivity index (χ2v) is 12.8. The van der Waals surface area contributed by atoms with Crippen molar-refractivity contribution in [1.29, 1.82) is 0 Å². The Balaban J connectivity index is 1.57. The Morgan fingerprint density at radius 3 is 1.05 bits per heavy atom. The molecule has 6 rings (SSSR count). The molecule has 0 aliphatic carbocycles. The summed E-state index contributed by atoms with van der Waals surface area (Å²) in [5.41, 5.74) is -4.66. The van der Waals surface area contributed by atoms with Crippen molar-refractivity contribution >= 4 is 46.1 Å². The van der Waals surface area contributed by atoms with Crippen molar-refractivity contribution < 1.29 is 52.7 Å². The predicted octanol–water partition coefficient (Wildman–Crippen LogP) is 10.6. The number of rotatable bonds is 4. The number of alkyl halides is 12. The van der Waals surface area contributed by atoms with E-state index in [1.54, 1.807) is 0 Å². The summed E-state index contributed by atoms with van der Waals surface area (Å²) in [4.78, 5) is 23.0. The summed E-state index contributed by atoms with van der Waals surface area (Å²) in [6, 6.07) is 16.1. The Morgan fingerprint density at radius 1 is 0.448 bits per heavy atom. The molecule has 304 valence electrons. The number of likely N-dealkylation sites (N-methyl/N-ethyl adjacent to an activating group) is 4. The van der Waals surface area contributed by atoms with E-state index in [1.165, 1.54) is 72.1 Å². The number of hydrogen-bond donors (Lipinski definition) is 0. The average Bonchev–Trinajstić information content (AvgIpc) is 3.64. The molecular formula is C38H28F12N8. The zero-order chi connectivity index (χ0) is 42.5. The highest BCUT2D eigenvalue weighted by molar-refractivity contribution is 6.49. The van der Waals surface area contributed by atoms with Crippen LogP contribution in [0.3, 0.4) is 0 Å². The fraction of sp³-hybridized carbons (Fsp3) is 0.211. The highest BCUT2D eigenvalue weighted by Crippen LogP contribution is 2.38. The molecule has 0 N–H and O–H groups in total. The highest BCUT2D eigenvalue weighted by Gasteiger charge is 2.40. The molecule has 0 spiro atoms. The monoisotopic (exact) mass is 824 g/mol. The summed E-state index contributed by atoms with van der Waals surface area (Å²) >= 11 is 0. The summed E-state index contributed by atoms with van der Waals surface area (Å²) in [5, 5.41) is 0. The second-order valence-electron chi connectivity index (χ2n) is 12.8. The third kappa shape index (κ3) is 8.49. The first-order valence-electron chi connectivity index (χ1n) is 16.7. The molecule has 8 nitrogen and oxygen atoms in total. The van der Waals surface area contributed by atoms with Crippen LogP contribution in [0.25, 0.3) is 0 Å². The Hall–Kier alpha value is -6.34. The third-order valence-corrected chi connectivity index (χ3v) is 8.87. The van der Waals surface area contributed by atoms with Gasteiger partial charge in [-0.05, 0) is 72.8 Å². The number of hydrogen-bond acceptors (Lipinski definition) is 6. The van der Waals surface area contributed by atoms with Crippen molar-refractivity contribution in [2.75, 3.05) is 38.0 Å². The van der Waals surface area contributed by atoms with E-state index in [1.807, 2.05) is 0 Å². The lowest BCUT2D eigenvalue weighted by Crippen LogP contribution is -2.38. The van der Waals surface area contributed by atoms with Crippen molar-refractivity contribution in [2.24, 2.45) is 20.0 Å². The van der Waals surface area contributed by atoms with Crippen LogP contribution in [-0.2, 0) is 24.7 Å². The minimum absolute atomic E-state index is 0.0509. The van der Waals surface area contributed by atoms with E-state index < -0.39 is 47.0 Å². The fourth-order valence-corrected chi connectivity index (χ4v) is 5.83. The van der Waals surface area contributed by atoms with Gasteiger partial charge in [0, 0.05) is 39.6 Å². The molecule has 58 heavy (non-hydrogen) atoms. The molecule has 2 aliphatic heterocycles. The van der Waals surface area contributed by atoms with Crippen molar-refractivity contribution in [1.82, 2.24) is 9.80 Å². The predicted molar refractivity (Wildman–Crippen MR) is 194 cm³/mol. The molecule has 0 amide bonds. The number of halogens is 12. The van der Waals surface area contributed by atoms with Crippen LogP contribution >= 0.6 is 0 Å². The molecule has 0 bridgehead atoms. The van der Waals surface area contributed by atoms with Gasteiger partial charge in [0.2, 0.25) is 0 Å². The van der Waals surface area contributed by atoms with Crippen LogP contribution in [0.1, 0.15) is 22.3 Å². The lowest BCUT2D eigenvalue weighted by Gasteiger charge is -2.23. The number of amidine groups is 4. The van der Waals surface area contributed by atoms with Crippen LogP contribution in [0.4, 0.5) is 75.4 Å². The normalized spacial score (nSPS) is 18.0. The Bertz CT molecular complexity index is 2220. The van der Waals surface area contributed by atoms with Gasteiger partial charge in [0.15, 0.2) is 35.0 Å². The topological polar surface area (TPSA) is 62.4 Å². The maximum atomic E-state index is 13.7. The van der Waals surface area contributed by atoms with E-state index >= 15 is 0 Å². The third-order valence-electron chi connectivity index (χ3n) is 8.87. The molecule has 0 fully saturated rings. The van der Waals surface area contributed by atoms with Gasteiger partial charge in [0.25, 0.3) is 0 Å². The minimum atomic E-state index is -4.75. The quantitative estimate of drug-likeness (QED) is 0.192.